The molecule has 2 aromatic heterocycles. The predicted octanol–water partition coefficient (Wildman–Crippen LogP) is 10.5. The topological polar surface area (TPSA) is 35.5 Å². The van der Waals surface area contributed by atoms with Gasteiger partial charge in [0.2, 0.25) is 0 Å². The van der Waals surface area contributed by atoms with E-state index in [9.17, 15) is 0 Å². The van der Waals surface area contributed by atoms with Crippen LogP contribution in [0.2, 0.25) is 0 Å². The summed E-state index contributed by atoms with van der Waals surface area (Å²) in [7, 11) is 0. The molecule has 0 unspecified atom stereocenters. The van der Waals surface area contributed by atoms with Gasteiger partial charge in [0.1, 0.15) is 22.3 Å². The van der Waals surface area contributed by atoms with E-state index in [0.717, 1.165) is 55.0 Å². The fourth-order valence-electron chi connectivity index (χ4n) is 6.35. The third-order valence-electron chi connectivity index (χ3n) is 8.45. The van der Waals surface area contributed by atoms with Gasteiger partial charge in [0.05, 0.1) is 13.2 Å². The maximum atomic E-state index is 6.19. The third-order valence-corrected chi connectivity index (χ3v) is 8.45. The first-order valence-electron chi connectivity index (χ1n) is 14.0. The maximum absolute atomic E-state index is 6.19. The lowest BCUT2D eigenvalue weighted by Gasteiger charge is -2.13. The highest BCUT2D eigenvalue weighted by Crippen LogP contribution is 2.40. The van der Waals surface area contributed by atoms with Crippen LogP contribution in [0.5, 0.6) is 0 Å². The van der Waals surface area contributed by atoms with Crippen LogP contribution in [-0.2, 0) is 18.0 Å². The predicted molar refractivity (Wildman–Crippen MR) is 166 cm³/mol. The summed E-state index contributed by atoms with van der Waals surface area (Å²) in [6.45, 7) is 1.19. The normalized spacial score (nSPS) is 13.1. The zero-order valence-corrected chi connectivity index (χ0v) is 22.2. The Hall–Kier alpha value is -5.12. The van der Waals surface area contributed by atoms with Crippen molar-refractivity contribution in [2.24, 2.45) is 0 Å². The van der Waals surface area contributed by atoms with Crippen molar-refractivity contribution in [3.8, 4) is 33.4 Å². The summed E-state index contributed by atoms with van der Waals surface area (Å²) >= 11 is 0. The van der Waals surface area contributed by atoms with Gasteiger partial charge in [-0.15, -0.1) is 0 Å². The molecular formula is C38H24O3. The third kappa shape index (κ3) is 3.56. The molecule has 0 amide bonds. The van der Waals surface area contributed by atoms with E-state index in [2.05, 4.69) is 97.1 Å². The van der Waals surface area contributed by atoms with E-state index in [1.54, 1.807) is 0 Å². The van der Waals surface area contributed by atoms with E-state index < -0.39 is 0 Å². The lowest BCUT2D eigenvalue weighted by atomic mass is 9.90. The second-order valence-corrected chi connectivity index (χ2v) is 10.9. The van der Waals surface area contributed by atoms with Crippen molar-refractivity contribution < 1.29 is 13.6 Å². The van der Waals surface area contributed by atoms with Crippen LogP contribution < -0.4 is 0 Å². The molecule has 194 valence electrons. The van der Waals surface area contributed by atoms with Crippen LogP contribution in [0.3, 0.4) is 0 Å². The summed E-state index contributed by atoms with van der Waals surface area (Å²) in [5.74, 6) is 0. The Morgan fingerprint density at radius 2 is 0.854 bits per heavy atom. The summed E-state index contributed by atoms with van der Waals surface area (Å²) in [6.07, 6.45) is 0. The fourth-order valence-corrected chi connectivity index (χ4v) is 6.35. The largest absolute Gasteiger partial charge is 0.456 e. The Labute approximate surface area is 236 Å². The van der Waals surface area contributed by atoms with Crippen LogP contribution in [0.1, 0.15) is 11.1 Å². The monoisotopic (exact) mass is 528 g/mol. The molecular weight excluding hydrogens is 504 g/mol. The van der Waals surface area contributed by atoms with Gasteiger partial charge in [-0.2, -0.15) is 0 Å². The molecule has 0 bridgehead atoms. The molecule has 0 N–H and O–H groups in total. The summed E-state index contributed by atoms with van der Waals surface area (Å²) < 4.78 is 18.4. The number of para-hydroxylation sites is 2. The zero-order chi connectivity index (χ0) is 26.9. The molecule has 0 saturated heterocycles. The Morgan fingerprint density at radius 3 is 1.56 bits per heavy atom. The Kier molecular flexibility index (Phi) is 4.80. The van der Waals surface area contributed by atoms with E-state index in [1.807, 2.05) is 24.3 Å². The van der Waals surface area contributed by atoms with Crippen LogP contribution in [0.25, 0.3) is 77.3 Å². The molecule has 9 rings (SSSR count). The zero-order valence-electron chi connectivity index (χ0n) is 22.2. The van der Waals surface area contributed by atoms with Crippen LogP contribution in [0.15, 0.2) is 130 Å². The molecule has 0 fully saturated rings. The molecule has 0 aliphatic carbocycles. The minimum Gasteiger partial charge on any atom is -0.456 e. The first-order valence-corrected chi connectivity index (χ1v) is 14.0. The Balaban J connectivity index is 1.17. The number of furan rings is 2. The standard InChI is InChI=1S/C38H24O3/c1-3-7-35-29(5-1)31-15-13-26(20-38(31)41-35)24-10-12-28-22-39-21-27-11-9-23(17-32(27)33(28)18-24)25-14-16-37-34(19-25)30-6-2-4-8-36(30)40-37/h1-20H,21-22H2. The van der Waals surface area contributed by atoms with Gasteiger partial charge >= 0.3 is 0 Å². The van der Waals surface area contributed by atoms with Crippen molar-refractivity contribution in [3.63, 3.8) is 0 Å². The summed E-state index contributed by atoms with van der Waals surface area (Å²) in [5, 5.41) is 4.57. The van der Waals surface area contributed by atoms with Gasteiger partial charge in [0.15, 0.2) is 0 Å². The highest BCUT2D eigenvalue weighted by atomic mass is 16.5. The molecule has 3 heterocycles. The number of fused-ring (bicyclic) bond motifs is 9. The Morgan fingerprint density at radius 1 is 0.366 bits per heavy atom. The fraction of sp³-hybridized carbons (Fsp3) is 0.0526. The summed E-state index contributed by atoms with van der Waals surface area (Å²) in [5.41, 5.74) is 13.1. The van der Waals surface area contributed by atoms with Crippen molar-refractivity contribution in [3.05, 3.63) is 132 Å². The van der Waals surface area contributed by atoms with E-state index in [4.69, 9.17) is 13.6 Å². The first-order chi connectivity index (χ1) is 20.3. The summed E-state index contributed by atoms with van der Waals surface area (Å²) in [6, 6.07) is 42.9. The number of hydrogen-bond acceptors (Lipinski definition) is 3. The van der Waals surface area contributed by atoms with E-state index in [1.165, 1.54) is 33.4 Å². The van der Waals surface area contributed by atoms with Gasteiger partial charge in [0, 0.05) is 21.5 Å². The minimum absolute atomic E-state index is 0.592. The lowest BCUT2D eigenvalue weighted by molar-refractivity contribution is 0.110. The second-order valence-electron chi connectivity index (χ2n) is 10.9. The number of ether oxygens (including phenoxy) is 1. The minimum atomic E-state index is 0.592. The van der Waals surface area contributed by atoms with Gasteiger partial charge in [-0.1, -0.05) is 72.8 Å². The SMILES string of the molecule is c1ccc2c(c1)oc1cc(-c3ccc4c(c3)-c3cc(-c5ccc6oc7ccccc7c6c5)ccc3COC4)ccc12. The molecule has 0 saturated carbocycles. The molecule has 1 aliphatic heterocycles. The van der Waals surface area contributed by atoms with Gasteiger partial charge in [-0.25, -0.2) is 0 Å². The van der Waals surface area contributed by atoms with Gasteiger partial charge in [-0.3, -0.25) is 0 Å². The van der Waals surface area contributed by atoms with Crippen LogP contribution >= 0.6 is 0 Å². The molecule has 8 aromatic rings. The highest BCUT2D eigenvalue weighted by molar-refractivity contribution is 6.07. The first kappa shape index (κ1) is 22.7. The van der Waals surface area contributed by atoms with Crippen LogP contribution in [0, 0.1) is 0 Å². The van der Waals surface area contributed by atoms with Gasteiger partial charge < -0.3 is 13.6 Å². The van der Waals surface area contributed by atoms with Crippen LogP contribution in [-0.4, -0.2) is 0 Å². The molecule has 3 heteroatoms. The summed E-state index contributed by atoms with van der Waals surface area (Å²) in [4.78, 5) is 0. The molecule has 3 nitrogen and oxygen atoms in total. The number of rotatable bonds is 2. The average Bonchev–Trinajstić information content (AvgIpc) is 3.52. The molecule has 0 spiro atoms. The quantitative estimate of drug-likeness (QED) is 0.224. The van der Waals surface area contributed by atoms with E-state index in [-0.39, 0.29) is 0 Å². The molecule has 6 aromatic carbocycles. The number of hydrogen-bond donors (Lipinski definition) is 0. The smallest absolute Gasteiger partial charge is 0.136 e. The van der Waals surface area contributed by atoms with Crippen molar-refractivity contribution in [1.29, 1.82) is 0 Å². The van der Waals surface area contributed by atoms with E-state index in [0.29, 0.717) is 13.2 Å². The van der Waals surface area contributed by atoms with Crippen LogP contribution in [0.4, 0.5) is 0 Å². The van der Waals surface area contributed by atoms with Crippen molar-refractivity contribution in [2.75, 3.05) is 0 Å². The average molecular weight is 529 g/mol. The lowest BCUT2D eigenvalue weighted by Crippen LogP contribution is -1.91. The van der Waals surface area contributed by atoms with Gasteiger partial charge in [0.25, 0.3) is 0 Å². The number of benzene rings is 6. The maximum Gasteiger partial charge on any atom is 0.136 e. The van der Waals surface area contributed by atoms with E-state index >= 15 is 0 Å². The molecule has 0 atom stereocenters. The second kappa shape index (κ2) is 8.69. The molecule has 41 heavy (non-hydrogen) atoms. The van der Waals surface area contributed by atoms with Crippen molar-refractivity contribution in [2.45, 2.75) is 13.2 Å². The van der Waals surface area contributed by atoms with Crippen molar-refractivity contribution >= 4 is 43.9 Å². The van der Waals surface area contributed by atoms with Crippen molar-refractivity contribution in [1.82, 2.24) is 0 Å². The molecule has 1 aliphatic rings. The molecule has 0 radical (unpaired) electrons. The van der Waals surface area contributed by atoms with Gasteiger partial charge in [-0.05, 0) is 93.0 Å². The Bertz CT molecular complexity index is 2300. The highest BCUT2D eigenvalue weighted by Gasteiger charge is 2.18.